The van der Waals surface area contributed by atoms with E-state index in [1.165, 1.54) is 0 Å². The zero-order valence-electron chi connectivity index (χ0n) is 12.6. The van der Waals surface area contributed by atoms with Crippen molar-refractivity contribution in [3.8, 4) is 11.5 Å². The molecule has 0 bridgehead atoms. The zero-order chi connectivity index (χ0) is 15.2. The first-order chi connectivity index (χ1) is 10.1. The lowest BCUT2D eigenvalue weighted by molar-refractivity contribution is 0.354. The molecule has 21 heavy (non-hydrogen) atoms. The van der Waals surface area contributed by atoms with Crippen molar-refractivity contribution in [3.63, 3.8) is 0 Å². The monoisotopic (exact) mass is 287 g/mol. The molecule has 2 rings (SSSR count). The number of benzene rings is 1. The molecule has 0 amide bonds. The maximum atomic E-state index is 5.89. The summed E-state index contributed by atoms with van der Waals surface area (Å²) in [5, 5.41) is 3.26. The molecule has 0 saturated carbocycles. The molecule has 0 saturated heterocycles. The van der Waals surface area contributed by atoms with Gasteiger partial charge in [-0.3, -0.25) is 0 Å². The second-order valence-electron chi connectivity index (χ2n) is 4.76. The summed E-state index contributed by atoms with van der Waals surface area (Å²) >= 11 is 0. The number of nitrogens with zero attached hydrogens (tertiary/aromatic N) is 1. The lowest BCUT2D eigenvalue weighted by atomic mass is 10.1. The maximum Gasteiger partial charge on any atom is 0.160 e. The van der Waals surface area contributed by atoms with E-state index in [0.29, 0.717) is 5.69 Å². The van der Waals surface area contributed by atoms with Gasteiger partial charge in [0.05, 0.1) is 19.9 Å². The van der Waals surface area contributed by atoms with E-state index in [1.54, 1.807) is 14.2 Å². The van der Waals surface area contributed by atoms with Crippen LogP contribution in [0.1, 0.15) is 11.3 Å². The fourth-order valence-electron chi connectivity index (χ4n) is 2.07. The van der Waals surface area contributed by atoms with E-state index in [2.05, 4.69) is 10.3 Å². The number of nitrogens with one attached hydrogen (secondary N) is 1. The third-order valence-electron chi connectivity index (χ3n) is 3.22. The Bertz CT molecular complexity index is 614. The third-order valence-corrected chi connectivity index (χ3v) is 3.22. The lowest BCUT2D eigenvalue weighted by Crippen LogP contribution is -2.09. The number of ether oxygens (including phenoxy) is 2. The number of nitrogen functional groups attached to an aromatic ring is 1. The molecule has 0 aliphatic rings. The van der Waals surface area contributed by atoms with Crippen molar-refractivity contribution in [2.24, 2.45) is 0 Å². The minimum atomic E-state index is 0.660. The molecule has 5 heteroatoms. The van der Waals surface area contributed by atoms with Crippen molar-refractivity contribution in [1.29, 1.82) is 0 Å². The second-order valence-corrected chi connectivity index (χ2v) is 4.76. The highest BCUT2D eigenvalue weighted by Crippen LogP contribution is 2.27. The fraction of sp³-hybridized carbons (Fsp3) is 0.312. The first-order valence-electron chi connectivity index (χ1n) is 6.82. The molecule has 1 heterocycles. The van der Waals surface area contributed by atoms with Crippen molar-refractivity contribution in [2.45, 2.75) is 13.3 Å². The number of hydrogen-bond acceptors (Lipinski definition) is 5. The van der Waals surface area contributed by atoms with Gasteiger partial charge in [-0.25, -0.2) is 4.98 Å². The van der Waals surface area contributed by atoms with Gasteiger partial charge in [-0.15, -0.1) is 0 Å². The van der Waals surface area contributed by atoms with Crippen molar-refractivity contribution in [1.82, 2.24) is 4.98 Å². The molecule has 112 valence electrons. The Morgan fingerprint density at radius 3 is 2.57 bits per heavy atom. The van der Waals surface area contributed by atoms with E-state index in [9.17, 15) is 0 Å². The summed E-state index contributed by atoms with van der Waals surface area (Å²) in [5.41, 5.74) is 8.65. The summed E-state index contributed by atoms with van der Waals surface area (Å²) in [6.07, 6.45) is 0.843. The second kappa shape index (κ2) is 6.83. The first-order valence-corrected chi connectivity index (χ1v) is 6.82. The van der Waals surface area contributed by atoms with Crippen LogP contribution in [0.25, 0.3) is 0 Å². The summed E-state index contributed by atoms with van der Waals surface area (Å²) in [7, 11) is 3.27. The Morgan fingerprint density at radius 2 is 1.86 bits per heavy atom. The van der Waals surface area contributed by atoms with Gasteiger partial charge in [0.25, 0.3) is 0 Å². The number of methoxy groups -OCH3 is 2. The molecule has 1 aromatic carbocycles. The summed E-state index contributed by atoms with van der Waals surface area (Å²) in [6, 6.07) is 9.67. The first kappa shape index (κ1) is 15.0. The Balaban J connectivity index is 1.98. The molecule has 0 radical (unpaired) electrons. The molecule has 0 unspecified atom stereocenters. The van der Waals surface area contributed by atoms with Crippen molar-refractivity contribution in [2.75, 3.05) is 31.8 Å². The molecule has 0 spiro atoms. The molecular weight excluding hydrogens is 266 g/mol. The Hall–Kier alpha value is -2.43. The van der Waals surface area contributed by atoms with Crippen molar-refractivity contribution >= 4 is 11.5 Å². The summed E-state index contributed by atoms with van der Waals surface area (Å²) in [6.45, 7) is 2.69. The number of aromatic nitrogens is 1. The van der Waals surface area contributed by atoms with Crippen LogP contribution in [0.3, 0.4) is 0 Å². The summed E-state index contributed by atoms with van der Waals surface area (Å²) < 4.78 is 10.5. The summed E-state index contributed by atoms with van der Waals surface area (Å²) in [5.74, 6) is 2.21. The minimum absolute atomic E-state index is 0.660. The molecule has 1 aromatic heterocycles. The van der Waals surface area contributed by atoms with E-state index in [0.717, 1.165) is 41.5 Å². The van der Waals surface area contributed by atoms with E-state index in [-0.39, 0.29) is 0 Å². The van der Waals surface area contributed by atoms with Gasteiger partial charge in [0.1, 0.15) is 5.82 Å². The van der Waals surface area contributed by atoms with Crippen molar-refractivity contribution < 1.29 is 9.47 Å². The SMILES string of the molecule is COc1ccc(CCNc2nc(C)ccc2N)cc1OC. The minimum Gasteiger partial charge on any atom is -0.493 e. The topological polar surface area (TPSA) is 69.4 Å². The predicted molar refractivity (Wildman–Crippen MR) is 85.1 cm³/mol. The van der Waals surface area contributed by atoms with Gasteiger partial charge in [-0.2, -0.15) is 0 Å². The fourth-order valence-corrected chi connectivity index (χ4v) is 2.07. The zero-order valence-corrected chi connectivity index (χ0v) is 12.6. The molecule has 0 aliphatic carbocycles. The standard InChI is InChI=1S/C16H21N3O2/c1-11-4-6-13(17)16(19-11)18-9-8-12-5-7-14(20-2)15(10-12)21-3/h4-7,10H,8-9,17H2,1-3H3,(H,18,19). The average molecular weight is 287 g/mol. The van der Waals surface area contributed by atoms with Gasteiger partial charge < -0.3 is 20.5 Å². The lowest BCUT2D eigenvalue weighted by Gasteiger charge is -2.11. The number of aryl methyl sites for hydroxylation is 1. The normalized spacial score (nSPS) is 10.2. The third kappa shape index (κ3) is 3.78. The van der Waals surface area contributed by atoms with Crippen LogP contribution in [0.4, 0.5) is 11.5 Å². The van der Waals surface area contributed by atoms with E-state index in [4.69, 9.17) is 15.2 Å². The van der Waals surface area contributed by atoms with Crippen LogP contribution in [0.5, 0.6) is 11.5 Å². The Kier molecular flexibility index (Phi) is 4.87. The van der Waals surface area contributed by atoms with Gasteiger partial charge in [0.15, 0.2) is 11.5 Å². The van der Waals surface area contributed by atoms with Crippen LogP contribution >= 0.6 is 0 Å². The average Bonchev–Trinajstić information content (AvgIpc) is 2.50. The van der Waals surface area contributed by atoms with Crippen LogP contribution in [0.2, 0.25) is 0 Å². The van der Waals surface area contributed by atoms with Gasteiger partial charge >= 0.3 is 0 Å². The largest absolute Gasteiger partial charge is 0.493 e. The Labute approximate surface area is 125 Å². The molecule has 0 atom stereocenters. The Morgan fingerprint density at radius 1 is 1.10 bits per heavy atom. The number of pyridine rings is 1. The predicted octanol–water partition coefficient (Wildman–Crippen LogP) is 2.64. The highest BCUT2D eigenvalue weighted by atomic mass is 16.5. The molecule has 3 N–H and O–H groups in total. The number of hydrogen-bond donors (Lipinski definition) is 2. The van der Waals surface area contributed by atoms with Crippen molar-refractivity contribution in [3.05, 3.63) is 41.6 Å². The quantitative estimate of drug-likeness (QED) is 0.854. The molecular formula is C16H21N3O2. The van der Waals surface area contributed by atoms with Gasteiger partial charge in [0, 0.05) is 12.2 Å². The van der Waals surface area contributed by atoms with Gasteiger partial charge in [0.2, 0.25) is 0 Å². The van der Waals surface area contributed by atoms with Crippen LogP contribution in [-0.4, -0.2) is 25.7 Å². The van der Waals surface area contributed by atoms with E-state index < -0.39 is 0 Å². The van der Waals surface area contributed by atoms with Crippen LogP contribution in [0.15, 0.2) is 30.3 Å². The number of nitrogens with two attached hydrogens (primary N) is 1. The van der Waals surface area contributed by atoms with Crippen LogP contribution in [0, 0.1) is 6.92 Å². The molecule has 2 aromatic rings. The van der Waals surface area contributed by atoms with E-state index in [1.807, 2.05) is 37.3 Å². The van der Waals surface area contributed by atoms with Gasteiger partial charge in [-0.1, -0.05) is 6.07 Å². The molecule has 0 fully saturated rings. The van der Waals surface area contributed by atoms with Gasteiger partial charge in [-0.05, 0) is 43.2 Å². The van der Waals surface area contributed by atoms with E-state index >= 15 is 0 Å². The molecule has 5 nitrogen and oxygen atoms in total. The molecule has 0 aliphatic heterocycles. The van der Waals surface area contributed by atoms with Crippen LogP contribution < -0.4 is 20.5 Å². The highest BCUT2D eigenvalue weighted by molar-refractivity contribution is 5.61. The maximum absolute atomic E-state index is 5.89. The number of rotatable bonds is 6. The number of anilines is 2. The smallest absolute Gasteiger partial charge is 0.160 e. The summed E-state index contributed by atoms with van der Waals surface area (Å²) in [4.78, 5) is 4.38. The highest BCUT2D eigenvalue weighted by Gasteiger charge is 2.05. The van der Waals surface area contributed by atoms with Crippen LogP contribution in [-0.2, 0) is 6.42 Å².